The van der Waals surface area contributed by atoms with Gasteiger partial charge < -0.3 is 14.2 Å². The zero-order chi connectivity index (χ0) is 16.0. The molecule has 118 valence electrons. The van der Waals surface area contributed by atoms with Crippen molar-refractivity contribution in [3.05, 3.63) is 41.3 Å². The second kappa shape index (κ2) is 5.38. The fourth-order valence-electron chi connectivity index (χ4n) is 3.00. The largest absolute Gasteiger partial charge is 0.467 e. The molecule has 3 heterocycles. The number of fused-ring (bicyclic) bond motifs is 1. The first-order chi connectivity index (χ1) is 11.2. The number of para-hydroxylation sites is 2. The van der Waals surface area contributed by atoms with E-state index in [1.165, 1.54) is 7.11 Å². The second-order valence-electron chi connectivity index (χ2n) is 5.66. The van der Waals surface area contributed by atoms with E-state index in [2.05, 4.69) is 32.5 Å². The van der Waals surface area contributed by atoms with Crippen molar-refractivity contribution in [2.75, 3.05) is 25.1 Å². The topological polar surface area (TPSA) is 56.1 Å². The van der Waals surface area contributed by atoms with Crippen LogP contribution in [0.3, 0.4) is 0 Å². The van der Waals surface area contributed by atoms with Gasteiger partial charge in [-0.2, -0.15) is 9.97 Å². The van der Waals surface area contributed by atoms with Gasteiger partial charge in [0.25, 0.3) is 0 Å². The molecular formula is C16H16ClN5O. The predicted octanol–water partition coefficient (Wildman–Crippen LogP) is 2.63. The average Bonchev–Trinajstić information content (AvgIpc) is 2.83. The third kappa shape index (κ3) is 2.39. The molecule has 1 aromatic carbocycles. The molecule has 2 aromatic heterocycles. The first-order valence-electron chi connectivity index (χ1n) is 7.40. The van der Waals surface area contributed by atoms with E-state index < -0.39 is 0 Å². The molecule has 0 saturated carbocycles. The second-order valence-corrected chi connectivity index (χ2v) is 6.04. The van der Waals surface area contributed by atoms with Gasteiger partial charge in [0.15, 0.2) is 0 Å². The summed E-state index contributed by atoms with van der Waals surface area (Å²) in [5, 5.41) is 0.387. The number of rotatable bonds is 3. The Labute approximate surface area is 138 Å². The van der Waals surface area contributed by atoms with Gasteiger partial charge in [0, 0.05) is 26.2 Å². The molecule has 0 unspecified atom stereocenters. The van der Waals surface area contributed by atoms with Gasteiger partial charge in [-0.05, 0) is 12.1 Å². The maximum atomic E-state index is 6.01. The summed E-state index contributed by atoms with van der Waals surface area (Å²) in [6, 6.07) is 10.2. The third-order valence-corrected chi connectivity index (χ3v) is 4.43. The van der Waals surface area contributed by atoms with Gasteiger partial charge in [-0.15, -0.1) is 0 Å². The lowest BCUT2D eigenvalue weighted by Gasteiger charge is -2.39. The first kappa shape index (κ1) is 14.3. The van der Waals surface area contributed by atoms with Gasteiger partial charge in [0.2, 0.25) is 0 Å². The number of hydrogen-bond acceptors (Lipinski definition) is 5. The van der Waals surface area contributed by atoms with Gasteiger partial charge in [0.1, 0.15) is 16.8 Å². The Morgan fingerprint density at radius 3 is 2.70 bits per heavy atom. The summed E-state index contributed by atoms with van der Waals surface area (Å²) in [6.45, 7) is 1.71. The minimum atomic E-state index is 0.290. The van der Waals surface area contributed by atoms with Gasteiger partial charge in [-0.25, -0.2) is 4.98 Å². The average molecular weight is 330 g/mol. The first-order valence-corrected chi connectivity index (χ1v) is 7.78. The number of ether oxygens (including phenoxy) is 1. The molecule has 6 nitrogen and oxygen atoms in total. The standard InChI is InChI=1S/C16H16ClN5O/c1-21-12-6-4-3-5-11(12)18-15(21)10-8-22(9-10)14-7-13(17)19-16(20-14)23-2/h3-7,10H,8-9H2,1-2H3. The third-order valence-electron chi connectivity index (χ3n) is 4.24. The van der Waals surface area contributed by atoms with Gasteiger partial charge in [-0.1, -0.05) is 23.7 Å². The van der Waals surface area contributed by atoms with Crippen molar-refractivity contribution in [1.29, 1.82) is 0 Å². The maximum Gasteiger partial charge on any atom is 0.319 e. The van der Waals surface area contributed by atoms with E-state index in [0.717, 1.165) is 35.8 Å². The molecule has 1 fully saturated rings. The van der Waals surface area contributed by atoms with E-state index in [1.807, 2.05) is 18.2 Å². The number of imidazole rings is 1. The number of aromatic nitrogens is 4. The number of aryl methyl sites for hydroxylation is 1. The molecule has 1 aliphatic rings. The fraction of sp³-hybridized carbons (Fsp3) is 0.312. The highest BCUT2D eigenvalue weighted by atomic mass is 35.5. The van der Waals surface area contributed by atoms with Crippen molar-refractivity contribution in [3.63, 3.8) is 0 Å². The van der Waals surface area contributed by atoms with E-state index in [1.54, 1.807) is 6.07 Å². The molecule has 0 aliphatic carbocycles. The van der Waals surface area contributed by atoms with E-state index in [-0.39, 0.29) is 0 Å². The van der Waals surface area contributed by atoms with Gasteiger partial charge in [-0.3, -0.25) is 0 Å². The summed E-state index contributed by atoms with van der Waals surface area (Å²) in [5.41, 5.74) is 2.20. The number of hydrogen-bond donors (Lipinski definition) is 0. The summed E-state index contributed by atoms with van der Waals surface area (Å²) in [7, 11) is 3.60. The summed E-state index contributed by atoms with van der Waals surface area (Å²) in [6.07, 6.45) is 0. The van der Waals surface area contributed by atoms with E-state index >= 15 is 0 Å². The minimum Gasteiger partial charge on any atom is -0.467 e. The number of benzene rings is 1. The Balaban J connectivity index is 1.57. The Kier molecular flexibility index (Phi) is 3.34. The molecule has 0 N–H and O–H groups in total. The van der Waals surface area contributed by atoms with Crippen LogP contribution >= 0.6 is 11.6 Å². The monoisotopic (exact) mass is 329 g/mol. The lowest BCUT2D eigenvalue weighted by atomic mass is 9.99. The molecule has 3 aromatic rings. The molecule has 4 rings (SSSR count). The van der Waals surface area contributed by atoms with Crippen LogP contribution in [0, 0.1) is 0 Å². The fourth-order valence-corrected chi connectivity index (χ4v) is 3.17. The van der Waals surface area contributed by atoms with Crippen molar-refractivity contribution in [2.24, 2.45) is 7.05 Å². The number of anilines is 1. The molecule has 7 heteroatoms. The van der Waals surface area contributed by atoms with Crippen LogP contribution in [0.5, 0.6) is 6.01 Å². The summed E-state index contributed by atoms with van der Waals surface area (Å²) < 4.78 is 7.25. The van der Waals surface area contributed by atoms with Crippen molar-refractivity contribution in [2.45, 2.75) is 5.92 Å². The number of nitrogens with zero attached hydrogens (tertiary/aromatic N) is 5. The van der Waals surface area contributed by atoms with Crippen LogP contribution in [0.1, 0.15) is 11.7 Å². The highest BCUT2D eigenvalue weighted by molar-refractivity contribution is 6.29. The van der Waals surface area contributed by atoms with Gasteiger partial charge >= 0.3 is 6.01 Å². The molecule has 0 spiro atoms. The number of halogens is 1. The highest BCUT2D eigenvalue weighted by Crippen LogP contribution is 2.32. The normalized spacial score (nSPS) is 15.0. The SMILES string of the molecule is COc1nc(Cl)cc(N2CC(c3nc4ccccc4n3C)C2)n1. The molecule has 0 radical (unpaired) electrons. The predicted molar refractivity (Wildman–Crippen MR) is 89.3 cm³/mol. The smallest absolute Gasteiger partial charge is 0.319 e. The van der Waals surface area contributed by atoms with Crippen molar-refractivity contribution < 1.29 is 4.74 Å². The van der Waals surface area contributed by atoms with Crippen LogP contribution in [0.2, 0.25) is 5.15 Å². The lowest BCUT2D eigenvalue weighted by Crippen LogP contribution is -2.46. The molecule has 1 saturated heterocycles. The van der Waals surface area contributed by atoms with E-state index in [4.69, 9.17) is 21.3 Å². The van der Waals surface area contributed by atoms with Crippen LogP contribution in [0.15, 0.2) is 30.3 Å². The molecule has 0 atom stereocenters. The summed E-state index contributed by atoms with van der Waals surface area (Å²) in [4.78, 5) is 15.3. The van der Waals surface area contributed by atoms with E-state index in [0.29, 0.717) is 17.1 Å². The van der Waals surface area contributed by atoms with Crippen LogP contribution in [0.4, 0.5) is 5.82 Å². The molecular weight excluding hydrogens is 314 g/mol. The van der Waals surface area contributed by atoms with Crippen LogP contribution in [0.25, 0.3) is 11.0 Å². The van der Waals surface area contributed by atoms with Crippen LogP contribution in [-0.2, 0) is 7.05 Å². The minimum absolute atomic E-state index is 0.290. The Morgan fingerprint density at radius 1 is 1.17 bits per heavy atom. The van der Waals surface area contributed by atoms with E-state index in [9.17, 15) is 0 Å². The molecule has 1 aliphatic heterocycles. The van der Waals surface area contributed by atoms with Crippen molar-refractivity contribution in [3.8, 4) is 6.01 Å². The lowest BCUT2D eigenvalue weighted by molar-refractivity contribution is 0.378. The van der Waals surface area contributed by atoms with Crippen molar-refractivity contribution in [1.82, 2.24) is 19.5 Å². The maximum absolute atomic E-state index is 6.01. The molecule has 23 heavy (non-hydrogen) atoms. The zero-order valence-corrected chi connectivity index (χ0v) is 13.7. The number of methoxy groups -OCH3 is 1. The van der Waals surface area contributed by atoms with Crippen LogP contribution < -0.4 is 9.64 Å². The Bertz CT molecular complexity index is 872. The van der Waals surface area contributed by atoms with Crippen LogP contribution in [-0.4, -0.2) is 39.7 Å². The highest BCUT2D eigenvalue weighted by Gasteiger charge is 2.33. The summed E-state index contributed by atoms with van der Waals surface area (Å²) in [5.74, 6) is 2.28. The van der Waals surface area contributed by atoms with Gasteiger partial charge in [0.05, 0.1) is 24.1 Å². The zero-order valence-electron chi connectivity index (χ0n) is 12.9. The summed E-state index contributed by atoms with van der Waals surface area (Å²) >= 11 is 6.01. The molecule has 0 amide bonds. The Hall–Kier alpha value is -2.34. The Morgan fingerprint density at radius 2 is 1.96 bits per heavy atom. The quantitative estimate of drug-likeness (QED) is 0.691. The van der Waals surface area contributed by atoms with Crippen molar-refractivity contribution >= 4 is 28.5 Å². The molecule has 0 bridgehead atoms.